The zero-order valence-electron chi connectivity index (χ0n) is 12.9. The fraction of sp³-hybridized carbons (Fsp3) is 0.500. The maximum Gasteiger partial charge on any atom is 0.337 e. The monoisotopic (exact) mass is 323 g/mol. The SMILES string of the molecule is COC(=O)c1ccc(SCC2(O)CCN(C(C)=O)CC2)cc1. The summed E-state index contributed by atoms with van der Waals surface area (Å²) in [5.41, 5.74) is -0.224. The lowest BCUT2D eigenvalue weighted by molar-refractivity contribution is -0.132. The molecule has 0 unspecified atom stereocenters. The summed E-state index contributed by atoms with van der Waals surface area (Å²) in [6, 6.07) is 7.14. The average Bonchev–Trinajstić information content (AvgIpc) is 2.53. The van der Waals surface area contributed by atoms with Crippen LogP contribution in [0.2, 0.25) is 0 Å². The molecule has 1 aliphatic rings. The van der Waals surface area contributed by atoms with Gasteiger partial charge in [-0.25, -0.2) is 4.79 Å². The van der Waals surface area contributed by atoms with Crippen molar-refractivity contribution in [3.8, 4) is 0 Å². The minimum atomic E-state index is -0.738. The Balaban J connectivity index is 1.87. The van der Waals surface area contributed by atoms with Gasteiger partial charge in [0.2, 0.25) is 5.91 Å². The van der Waals surface area contributed by atoms with Gasteiger partial charge in [0.1, 0.15) is 0 Å². The largest absolute Gasteiger partial charge is 0.465 e. The topological polar surface area (TPSA) is 66.8 Å². The van der Waals surface area contributed by atoms with E-state index >= 15 is 0 Å². The van der Waals surface area contributed by atoms with Gasteiger partial charge in [-0.2, -0.15) is 0 Å². The van der Waals surface area contributed by atoms with Crippen molar-refractivity contribution < 1.29 is 19.4 Å². The second kappa shape index (κ2) is 7.15. The molecule has 1 heterocycles. The molecular weight excluding hydrogens is 302 g/mol. The first-order valence-corrected chi connectivity index (χ1v) is 8.21. The summed E-state index contributed by atoms with van der Waals surface area (Å²) in [6.45, 7) is 2.77. The molecular formula is C16H21NO4S. The van der Waals surface area contributed by atoms with Crippen molar-refractivity contribution in [2.24, 2.45) is 0 Å². The van der Waals surface area contributed by atoms with Crippen molar-refractivity contribution in [2.45, 2.75) is 30.3 Å². The predicted molar refractivity (Wildman–Crippen MR) is 84.9 cm³/mol. The molecule has 1 aliphatic heterocycles. The first-order valence-electron chi connectivity index (χ1n) is 7.23. The number of amides is 1. The summed E-state index contributed by atoms with van der Waals surface area (Å²) in [5.74, 6) is 0.288. The van der Waals surface area contributed by atoms with E-state index in [-0.39, 0.29) is 11.9 Å². The fourth-order valence-electron chi connectivity index (χ4n) is 2.40. The van der Waals surface area contributed by atoms with Crippen LogP contribution in [0.15, 0.2) is 29.2 Å². The standard InChI is InChI=1S/C16H21NO4S/c1-12(18)17-9-7-16(20,8-10-17)11-22-14-5-3-13(4-6-14)15(19)21-2/h3-6,20H,7-11H2,1-2H3. The van der Waals surface area contributed by atoms with Crippen molar-refractivity contribution in [3.63, 3.8) is 0 Å². The predicted octanol–water partition coefficient (Wildman–Crippen LogP) is 1.94. The second-order valence-electron chi connectivity index (χ2n) is 5.54. The molecule has 0 spiro atoms. The van der Waals surface area contributed by atoms with Gasteiger partial charge in [-0.1, -0.05) is 0 Å². The number of hydrogen-bond donors (Lipinski definition) is 1. The Morgan fingerprint density at radius 2 is 1.86 bits per heavy atom. The molecule has 6 heteroatoms. The van der Waals surface area contributed by atoms with Crippen LogP contribution in [-0.4, -0.2) is 53.4 Å². The summed E-state index contributed by atoms with van der Waals surface area (Å²) in [6.07, 6.45) is 1.19. The average molecular weight is 323 g/mol. The third-order valence-electron chi connectivity index (χ3n) is 3.92. The highest BCUT2D eigenvalue weighted by molar-refractivity contribution is 7.99. The number of nitrogens with zero attached hydrogens (tertiary/aromatic N) is 1. The second-order valence-corrected chi connectivity index (χ2v) is 6.58. The van der Waals surface area contributed by atoms with Crippen molar-refractivity contribution >= 4 is 23.6 Å². The number of methoxy groups -OCH3 is 1. The van der Waals surface area contributed by atoms with Crippen molar-refractivity contribution in [2.75, 3.05) is 26.0 Å². The Labute approximate surface area is 134 Å². The van der Waals surface area contributed by atoms with Crippen molar-refractivity contribution in [1.82, 2.24) is 4.90 Å². The van der Waals surface area contributed by atoms with Gasteiger partial charge in [-0.15, -0.1) is 11.8 Å². The Bertz CT molecular complexity index is 536. The fourth-order valence-corrected chi connectivity index (χ4v) is 3.46. The number of ether oxygens (including phenoxy) is 1. The van der Waals surface area contributed by atoms with Gasteiger partial charge < -0.3 is 14.7 Å². The van der Waals surface area contributed by atoms with E-state index in [0.717, 1.165) is 4.90 Å². The molecule has 1 aromatic carbocycles. The van der Waals surface area contributed by atoms with E-state index in [1.54, 1.807) is 35.7 Å². The van der Waals surface area contributed by atoms with Gasteiger partial charge in [-0.05, 0) is 37.1 Å². The molecule has 0 bridgehead atoms. The van der Waals surface area contributed by atoms with Gasteiger partial charge in [-0.3, -0.25) is 4.79 Å². The number of esters is 1. The third-order valence-corrected chi connectivity index (χ3v) is 5.21. The number of benzene rings is 1. The quantitative estimate of drug-likeness (QED) is 0.677. The van der Waals surface area contributed by atoms with E-state index in [0.29, 0.717) is 37.2 Å². The summed E-state index contributed by atoms with van der Waals surface area (Å²) in [4.78, 5) is 25.4. The molecule has 1 amide bonds. The molecule has 1 fully saturated rings. The van der Waals surface area contributed by atoms with E-state index in [1.165, 1.54) is 7.11 Å². The molecule has 120 valence electrons. The number of piperidine rings is 1. The van der Waals surface area contributed by atoms with E-state index in [9.17, 15) is 14.7 Å². The highest BCUT2D eigenvalue weighted by atomic mass is 32.2. The Morgan fingerprint density at radius 1 is 1.27 bits per heavy atom. The van der Waals surface area contributed by atoms with Gasteiger partial charge >= 0.3 is 5.97 Å². The normalized spacial score (nSPS) is 17.1. The molecule has 22 heavy (non-hydrogen) atoms. The van der Waals surface area contributed by atoms with Crippen molar-refractivity contribution in [1.29, 1.82) is 0 Å². The first-order chi connectivity index (χ1) is 10.4. The summed E-state index contributed by atoms with van der Waals surface area (Å²) in [5, 5.41) is 10.6. The molecule has 5 nitrogen and oxygen atoms in total. The van der Waals surface area contributed by atoms with Crippen molar-refractivity contribution in [3.05, 3.63) is 29.8 Å². The number of hydrogen-bond acceptors (Lipinski definition) is 5. The van der Waals surface area contributed by atoms with Crippen LogP contribution in [0, 0.1) is 0 Å². The molecule has 0 aliphatic carbocycles. The Kier molecular flexibility index (Phi) is 5.47. The van der Waals surface area contributed by atoms with Crippen LogP contribution in [0.3, 0.4) is 0 Å². The molecule has 0 atom stereocenters. The molecule has 1 aromatic rings. The van der Waals surface area contributed by atoms with Gasteiger partial charge in [0.25, 0.3) is 0 Å². The minimum absolute atomic E-state index is 0.0631. The lowest BCUT2D eigenvalue weighted by atomic mass is 9.93. The molecule has 0 aromatic heterocycles. The third kappa shape index (κ3) is 4.24. The maximum atomic E-state index is 11.4. The highest BCUT2D eigenvalue weighted by Crippen LogP contribution is 2.30. The zero-order chi connectivity index (χ0) is 16.2. The van der Waals surface area contributed by atoms with Crippen LogP contribution in [0.5, 0.6) is 0 Å². The zero-order valence-corrected chi connectivity index (χ0v) is 13.7. The first kappa shape index (κ1) is 16.8. The number of thioether (sulfide) groups is 1. The van der Waals surface area contributed by atoms with Crippen LogP contribution in [0.25, 0.3) is 0 Å². The van der Waals surface area contributed by atoms with Crippen LogP contribution < -0.4 is 0 Å². The summed E-state index contributed by atoms with van der Waals surface area (Å²) in [7, 11) is 1.36. The molecule has 0 saturated carbocycles. The Hall–Kier alpha value is -1.53. The maximum absolute atomic E-state index is 11.4. The van der Waals surface area contributed by atoms with Gasteiger partial charge in [0.05, 0.1) is 18.3 Å². The number of carbonyl (C=O) groups excluding carboxylic acids is 2. The number of likely N-dealkylation sites (tertiary alicyclic amines) is 1. The van der Waals surface area contributed by atoms with Gasteiger partial charge in [0, 0.05) is 30.7 Å². The lowest BCUT2D eigenvalue weighted by Crippen LogP contribution is -2.47. The Morgan fingerprint density at radius 3 is 2.36 bits per heavy atom. The molecule has 2 rings (SSSR count). The number of carbonyl (C=O) groups is 2. The molecule has 0 radical (unpaired) electrons. The molecule has 1 saturated heterocycles. The van der Waals surface area contributed by atoms with E-state index in [4.69, 9.17) is 0 Å². The van der Waals surface area contributed by atoms with E-state index < -0.39 is 5.60 Å². The van der Waals surface area contributed by atoms with Crippen LogP contribution in [-0.2, 0) is 9.53 Å². The summed E-state index contributed by atoms with van der Waals surface area (Å²) < 4.78 is 4.66. The summed E-state index contributed by atoms with van der Waals surface area (Å²) >= 11 is 1.56. The van der Waals surface area contributed by atoms with Crippen LogP contribution >= 0.6 is 11.8 Å². The number of rotatable bonds is 4. The number of aliphatic hydroxyl groups is 1. The van der Waals surface area contributed by atoms with Crippen LogP contribution in [0.1, 0.15) is 30.1 Å². The minimum Gasteiger partial charge on any atom is -0.465 e. The van der Waals surface area contributed by atoms with E-state index in [1.807, 2.05) is 12.1 Å². The smallest absolute Gasteiger partial charge is 0.337 e. The molecule has 1 N–H and O–H groups in total. The van der Waals surface area contributed by atoms with E-state index in [2.05, 4.69) is 4.74 Å². The highest BCUT2D eigenvalue weighted by Gasteiger charge is 2.33. The van der Waals surface area contributed by atoms with Crippen LogP contribution in [0.4, 0.5) is 0 Å². The lowest BCUT2D eigenvalue weighted by Gasteiger charge is -2.37. The van der Waals surface area contributed by atoms with Gasteiger partial charge in [0.15, 0.2) is 0 Å².